The Labute approximate surface area is 78.9 Å². The van der Waals surface area contributed by atoms with E-state index in [1.165, 1.54) is 25.5 Å². The number of carbonyl (C=O) groups is 1. The number of primary amides is 1. The average Bonchev–Trinajstić information content (AvgIpc) is 2.09. The predicted molar refractivity (Wildman–Crippen MR) is 54.5 cm³/mol. The topological polar surface area (TPSA) is 67.5 Å². The first-order valence-electron chi connectivity index (χ1n) is 4.51. The van der Waals surface area contributed by atoms with Crippen molar-refractivity contribution < 1.29 is 4.79 Å². The zero-order valence-electron chi connectivity index (χ0n) is 7.99. The standard InChI is InChI=1S/C9H17N3O/c1-2-3-4-5-6-7-8-11-12-9(10)13/h6-8H,2-5H2,1H3,(H3,10,12,13)/b7-6+,11-8+. The van der Waals surface area contributed by atoms with E-state index in [0.29, 0.717) is 0 Å². The average molecular weight is 183 g/mol. The molecule has 4 nitrogen and oxygen atoms in total. The molecule has 0 aliphatic rings. The molecule has 0 spiro atoms. The highest BCUT2D eigenvalue weighted by atomic mass is 16.2. The Kier molecular flexibility index (Phi) is 7.88. The van der Waals surface area contributed by atoms with Crippen LogP contribution in [0.4, 0.5) is 4.79 Å². The van der Waals surface area contributed by atoms with Gasteiger partial charge in [-0.15, -0.1) is 0 Å². The second kappa shape index (κ2) is 8.77. The highest BCUT2D eigenvalue weighted by molar-refractivity contribution is 5.75. The van der Waals surface area contributed by atoms with Crippen LogP contribution in [-0.2, 0) is 0 Å². The van der Waals surface area contributed by atoms with Gasteiger partial charge in [-0.2, -0.15) is 5.10 Å². The molecule has 0 fully saturated rings. The molecule has 13 heavy (non-hydrogen) atoms. The van der Waals surface area contributed by atoms with Gasteiger partial charge in [0.05, 0.1) is 0 Å². The number of hydrogen-bond acceptors (Lipinski definition) is 2. The summed E-state index contributed by atoms with van der Waals surface area (Å²) in [5.41, 5.74) is 6.89. The molecule has 0 radical (unpaired) electrons. The van der Waals surface area contributed by atoms with Crippen LogP contribution in [0, 0.1) is 0 Å². The Morgan fingerprint density at radius 2 is 2.31 bits per heavy atom. The fourth-order valence-electron chi connectivity index (χ4n) is 0.813. The number of rotatable bonds is 6. The van der Waals surface area contributed by atoms with Crippen LogP contribution in [0.25, 0.3) is 0 Å². The van der Waals surface area contributed by atoms with Gasteiger partial charge in [0.25, 0.3) is 0 Å². The van der Waals surface area contributed by atoms with E-state index in [1.807, 2.05) is 6.08 Å². The minimum absolute atomic E-state index is 0.643. The van der Waals surface area contributed by atoms with Crippen LogP contribution in [-0.4, -0.2) is 12.2 Å². The minimum Gasteiger partial charge on any atom is -0.350 e. The Morgan fingerprint density at radius 3 is 2.92 bits per heavy atom. The summed E-state index contributed by atoms with van der Waals surface area (Å²) in [4.78, 5) is 10.1. The number of carbonyl (C=O) groups excluding carboxylic acids is 1. The van der Waals surface area contributed by atoms with Crippen molar-refractivity contribution in [2.75, 3.05) is 0 Å². The number of amides is 2. The Balaban J connectivity index is 3.29. The molecule has 0 unspecified atom stereocenters. The Hall–Kier alpha value is -1.32. The van der Waals surface area contributed by atoms with E-state index in [9.17, 15) is 4.79 Å². The van der Waals surface area contributed by atoms with Crippen molar-refractivity contribution in [3.63, 3.8) is 0 Å². The fraction of sp³-hybridized carbons (Fsp3) is 0.556. The molecule has 3 N–H and O–H groups in total. The third kappa shape index (κ3) is 10.7. The quantitative estimate of drug-likeness (QED) is 0.368. The third-order valence-electron chi connectivity index (χ3n) is 1.45. The Morgan fingerprint density at radius 1 is 1.54 bits per heavy atom. The molecule has 4 heteroatoms. The maximum atomic E-state index is 10.1. The second-order valence-electron chi connectivity index (χ2n) is 2.68. The smallest absolute Gasteiger partial charge is 0.332 e. The molecule has 0 aromatic carbocycles. The summed E-state index contributed by atoms with van der Waals surface area (Å²) in [6.45, 7) is 2.17. The van der Waals surface area contributed by atoms with E-state index in [2.05, 4.69) is 17.5 Å². The van der Waals surface area contributed by atoms with Crippen molar-refractivity contribution in [1.82, 2.24) is 5.43 Å². The Bertz CT molecular complexity index is 187. The molecular weight excluding hydrogens is 166 g/mol. The zero-order chi connectivity index (χ0) is 9.94. The van der Waals surface area contributed by atoms with Crippen molar-refractivity contribution >= 4 is 12.2 Å². The van der Waals surface area contributed by atoms with Crippen molar-refractivity contribution in [2.24, 2.45) is 10.8 Å². The lowest BCUT2D eigenvalue weighted by molar-refractivity contribution is 0.249. The van der Waals surface area contributed by atoms with Crippen LogP contribution in [0.15, 0.2) is 17.3 Å². The maximum Gasteiger partial charge on any atom is 0.332 e. The zero-order valence-corrected chi connectivity index (χ0v) is 7.99. The predicted octanol–water partition coefficient (Wildman–Crippen LogP) is 1.78. The normalized spacial score (nSPS) is 11.2. The van der Waals surface area contributed by atoms with Gasteiger partial charge >= 0.3 is 6.03 Å². The van der Waals surface area contributed by atoms with E-state index in [-0.39, 0.29) is 0 Å². The molecule has 74 valence electrons. The lowest BCUT2D eigenvalue weighted by atomic mass is 10.2. The maximum absolute atomic E-state index is 10.1. The van der Waals surface area contributed by atoms with Crippen LogP contribution in [0.2, 0.25) is 0 Å². The molecule has 0 saturated heterocycles. The summed E-state index contributed by atoms with van der Waals surface area (Å²) >= 11 is 0. The van der Waals surface area contributed by atoms with Gasteiger partial charge in [-0.05, 0) is 18.9 Å². The van der Waals surface area contributed by atoms with Gasteiger partial charge in [0, 0.05) is 6.21 Å². The summed E-state index contributed by atoms with van der Waals surface area (Å²) < 4.78 is 0. The van der Waals surface area contributed by atoms with Crippen molar-refractivity contribution in [1.29, 1.82) is 0 Å². The van der Waals surface area contributed by atoms with E-state index >= 15 is 0 Å². The van der Waals surface area contributed by atoms with Gasteiger partial charge in [0.15, 0.2) is 0 Å². The molecule has 0 aromatic heterocycles. The summed E-state index contributed by atoms with van der Waals surface area (Å²) in [5, 5.41) is 3.55. The van der Waals surface area contributed by atoms with Crippen molar-refractivity contribution in [3.05, 3.63) is 12.2 Å². The molecule has 0 rings (SSSR count). The molecule has 0 bridgehead atoms. The molecule has 0 aromatic rings. The van der Waals surface area contributed by atoms with E-state index in [4.69, 9.17) is 5.73 Å². The van der Waals surface area contributed by atoms with Crippen molar-refractivity contribution in [3.8, 4) is 0 Å². The lowest BCUT2D eigenvalue weighted by Gasteiger charge is -1.90. The largest absolute Gasteiger partial charge is 0.350 e. The van der Waals surface area contributed by atoms with E-state index < -0.39 is 6.03 Å². The first-order chi connectivity index (χ1) is 6.27. The summed E-state index contributed by atoms with van der Waals surface area (Å²) in [5.74, 6) is 0. The van der Waals surface area contributed by atoms with Gasteiger partial charge in [0.1, 0.15) is 0 Å². The third-order valence-corrected chi connectivity index (χ3v) is 1.45. The van der Waals surface area contributed by atoms with E-state index in [1.54, 1.807) is 6.08 Å². The number of hydrazone groups is 1. The highest BCUT2D eigenvalue weighted by Gasteiger charge is 1.82. The van der Waals surface area contributed by atoms with Gasteiger partial charge in [-0.25, -0.2) is 10.2 Å². The molecule has 0 aliphatic heterocycles. The number of nitrogens with two attached hydrogens (primary N) is 1. The SMILES string of the molecule is CCCCC/C=C/C=N/NC(N)=O. The van der Waals surface area contributed by atoms with Crippen molar-refractivity contribution in [2.45, 2.75) is 32.6 Å². The molecule has 2 amide bonds. The van der Waals surface area contributed by atoms with E-state index in [0.717, 1.165) is 6.42 Å². The fourth-order valence-corrected chi connectivity index (χ4v) is 0.813. The van der Waals surface area contributed by atoms with Gasteiger partial charge in [0.2, 0.25) is 0 Å². The lowest BCUT2D eigenvalue weighted by Crippen LogP contribution is -2.24. The summed E-state index contributed by atoms with van der Waals surface area (Å²) in [7, 11) is 0. The number of hydrogen-bond donors (Lipinski definition) is 2. The van der Waals surface area contributed by atoms with Crippen LogP contribution < -0.4 is 11.2 Å². The summed E-state index contributed by atoms with van der Waals surface area (Å²) in [6.07, 6.45) is 10.1. The number of nitrogens with one attached hydrogen (secondary N) is 1. The molecule has 0 heterocycles. The number of allylic oxidation sites excluding steroid dienone is 2. The molecule has 0 aliphatic carbocycles. The monoisotopic (exact) mass is 183 g/mol. The van der Waals surface area contributed by atoms with Crippen LogP contribution in [0.3, 0.4) is 0 Å². The minimum atomic E-state index is -0.643. The van der Waals surface area contributed by atoms with Crippen LogP contribution in [0.1, 0.15) is 32.6 Å². The first kappa shape index (κ1) is 11.7. The number of urea groups is 1. The van der Waals surface area contributed by atoms with Gasteiger partial charge < -0.3 is 5.73 Å². The van der Waals surface area contributed by atoms with Crippen LogP contribution >= 0.6 is 0 Å². The molecular formula is C9H17N3O. The van der Waals surface area contributed by atoms with Gasteiger partial charge in [-0.3, -0.25) is 0 Å². The second-order valence-corrected chi connectivity index (χ2v) is 2.68. The van der Waals surface area contributed by atoms with Gasteiger partial charge in [-0.1, -0.05) is 25.8 Å². The molecule has 0 atom stereocenters. The van der Waals surface area contributed by atoms with Crippen LogP contribution in [0.5, 0.6) is 0 Å². The number of unbranched alkanes of at least 4 members (excludes halogenated alkanes) is 3. The summed E-state index contributed by atoms with van der Waals surface area (Å²) in [6, 6.07) is -0.643. The number of nitrogens with zero attached hydrogens (tertiary/aromatic N) is 1. The molecule has 0 saturated carbocycles. The highest BCUT2D eigenvalue weighted by Crippen LogP contribution is 1.98. The first-order valence-corrected chi connectivity index (χ1v) is 4.51.